The SMILES string of the molecule is CC1=CC(C)[C]([Zr][C]2=CC(C)=CC2C)=C1.Cl.Cl. The molecular weight excluding hydrogens is 330 g/mol. The Morgan fingerprint density at radius 1 is 0.824 bits per heavy atom. The van der Waals surface area contributed by atoms with Crippen LogP contribution < -0.4 is 0 Å². The molecule has 0 radical (unpaired) electrons. The van der Waals surface area contributed by atoms with Gasteiger partial charge in [0, 0.05) is 0 Å². The molecule has 2 aliphatic carbocycles. The Kier molecular flexibility index (Phi) is 7.30. The van der Waals surface area contributed by atoms with E-state index in [1.807, 2.05) is 0 Å². The summed E-state index contributed by atoms with van der Waals surface area (Å²) in [4.78, 5) is 0. The molecule has 0 N–H and O–H groups in total. The van der Waals surface area contributed by atoms with Gasteiger partial charge in [0.15, 0.2) is 0 Å². The van der Waals surface area contributed by atoms with E-state index in [1.54, 1.807) is 6.56 Å². The zero-order chi connectivity index (χ0) is 11.0. The fourth-order valence-electron chi connectivity index (χ4n) is 2.28. The first-order valence-electron chi connectivity index (χ1n) is 5.63. The predicted octanol–water partition coefficient (Wildman–Crippen LogP) is 4.87. The van der Waals surface area contributed by atoms with Gasteiger partial charge in [0.05, 0.1) is 0 Å². The Morgan fingerprint density at radius 3 is 1.41 bits per heavy atom. The van der Waals surface area contributed by atoms with Gasteiger partial charge in [-0.2, -0.15) is 0 Å². The van der Waals surface area contributed by atoms with Crippen molar-refractivity contribution in [1.82, 2.24) is 0 Å². The summed E-state index contributed by atoms with van der Waals surface area (Å²) in [6.07, 6.45) is 9.66. The monoisotopic (exact) mass is 348 g/mol. The van der Waals surface area contributed by atoms with Crippen molar-refractivity contribution >= 4 is 24.8 Å². The minimum absolute atomic E-state index is 0. The van der Waals surface area contributed by atoms with E-state index in [4.69, 9.17) is 0 Å². The van der Waals surface area contributed by atoms with E-state index in [9.17, 15) is 0 Å². The quantitative estimate of drug-likeness (QED) is 0.666. The Bertz CT molecular complexity index is 364. The van der Waals surface area contributed by atoms with Crippen LogP contribution in [-0.2, 0) is 23.2 Å². The maximum absolute atomic E-state index is 2.43. The Hall–Kier alpha value is 0.423. The molecule has 0 aromatic heterocycles. The second-order valence-electron chi connectivity index (χ2n) is 4.72. The van der Waals surface area contributed by atoms with Gasteiger partial charge in [-0.3, -0.25) is 0 Å². The molecular formula is C14H20Cl2Zr. The summed E-state index contributed by atoms with van der Waals surface area (Å²) in [5, 5.41) is 0. The first kappa shape index (κ1) is 17.4. The van der Waals surface area contributed by atoms with Crippen LogP contribution in [0.15, 0.2) is 42.0 Å². The van der Waals surface area contributed by atoms with Gasteiger partial charge in [-0.25, -0.2) is 0 Å². The van der Waals surface area contributed by atoms with Crippen LogP contribution in [0, 0.1) is 11.8 Å². The average molecular weight is 350 g/mol. The topological polar surface area (TPSA) is 0 Å². The molecule has 2 aliphatic rings. The molecule has 2 atom stereocenters. The Labute approximate surface area is 129 Å². The number of allylic oxidation sites excluding steroid dienone is 8. The molecule has 0 amide bonds. The van der Waals surface area contributed by atoms with Gasteiger partial charge in [-0.1, -0.05) is 0 Å². The van der Waals surface area contributed by atoms with Crippen LogP contribution in [-0.4, -0.2) is 0 Å². The fraction of sp³-hybridized carbons (Fsp3) is 0.429. The molecule has 2 unspecified atom stereocenters. The van der Waals surface area contributed by atoms with E-state index >= 15 is 0 Å². The van der Waals surface area contributed by atoms with E-state index in [2.05, 4.69) is 52.0 Å². The van der Waals surface area contributed by atoms with E-state index in [0.29, 0.717) is 11.8 Å². The molecule has 3 heteroatoms. The third kappa shape index (κ3) is 4.23. The van der Waals surface area contributed by atoms with Crippen molar-refractivity contribution in [2.75, 3.05) is 0 Å². The summed E-state index contributed by atoms with van der Waals surface area (Å²) in [5.41, 5.74) is 2.93. The van der Waals surface area contributed by atoms with E-state index < -0.39 is 23.2 Å². The van der Waals surface area contributed by atoms with Crippen LogP contribution in [0.3, 0.4) is 0 Å². The van der Waals surface area contributed by atoms with Crippen molar-refractivity contribution in [2.24, 2.45) is 11.8 Å². The molecule has 0 aromatic carbocycles. The minimum atomic E-state index is -0.475. The maximum Gasteiger partial charge on any atom is -0.147 e. The molecule has 0 aromatic rings. The van der Waals surface area contributed by atoms with E-state index in [1.165, 1.54) is 11.1 Å². The molecule has 0 heterocycles. The summed E-state index contributed by atoms with van der Waals surface area (Å²) in [7, 11) is 0. The normalized spacial score (nSPS) is 26.1. The van der Waals surface area contributed by atoms with Crippen molar-refractivity contribution in [1.29, 1.82) is 0 Å². The molecule has 0 fully saturated rings. The molecule has 0 bridgehead atoms. The molecule has 17 heavy (non-hydrogen) atoms. The predicted molar refractivity (Wildman–Crippen MR) is 76.5 cm³/mol. The average Bonchev–Trinajstić information content (AvgIpc) is 2.58. The summed E-state index contributed by atoms with van der Waals surface area (Å²) in [6, 6.07) is 0. The standard InChI is InChI=1S/2C7H9.2ClH.Zr/c2*1-6-3-4-7(2)5-6;;;/h2*3,5,7H,1-2H3;2*1H;. The molecule has 2 rings (SSSR count). The zero-order valence-corrected chi connectivity index (χ0v) is 14.9. The zero-order valence-electron chi connectivity index (χ0n) is 10.8. The number of hydrogen-bond donors (Lipinski definition) is 0. The van der Waals surface area contributed by atoms with Gasteiger partial charge in [-0.15, -0.1) is 24.8 Å². The van der Waals surface area contributed by atoms with Crippen LogP contribution in [0.1, 0.15) is 27.7 Å². The largest absolute Gasteiger partial charge is 0.147 e. The van der Waals surface area contributed by atoms with Gasteiger partial charge in [0.1, 0.15) is 0 Å². The first-order chi connectivity index (χ1) is 7.06. The van der Waals surface area contributed by atoms with Crippen LogP contribution >= 0.6 is 24.8 Å². The van der Waals surface area contributed by atoms with Gasteiger partial charge in [0.2, 0.25) is 0 Å². The van der Waals surface area contributed by atoms with Gasteiger partial charge in [-0.05, 0) is 0 Å². The van der Waals surface area contributed by atoms with Crippen molar-refractivity contribution in [3.8, 4) is 0 Å². The van der Waals surface area contributed by atoms with Gasteiger partial charge >= 0.3 is 105 Å². The van der Waals surface area contributed by atoms with Gasteiger partial charge in [0.25, 0.3) is 0 Å². The molecule has 94 valence electrons. The van der Waals surface area contributed by atoms with E-state index in [-0.39, 0.29) is 24.8 Å². The number of rotatable bonds is 2. The smallest absolute Gasteiger partial charge is 0.147 e. The maximum atomic E-state index is 2.43. The Morgan fingerprint density at radius 2 is 1.18 bits per heavy atom. The van der Waals surface area contributed by atoms with E-state index in [0.717, 1.165) is 0 Å². The van der Waals surface area contributed by atoms with Crippen molar-refractivity contribution < 1.29 is 23.2 Å². The number of halogens is 2. The van der Waals surface area contributed by atoms with Crippen molar-refractivity contribution in [3.05, 3.63) is 42.0 Å². The third-order valence-corrected chi connectivity index (χ3v) is 7.43. The summed E-state index contributed by atoms with van der Waals surface area (Å²) in [5.74, 6) is 1.43. The van der Waals surface area contributed by atoms with Gasteiger partial charge < -0.3 is 0 Å². The van der Waals surface area contributed by atoms with Crippen molar-refractivity contribution in [3.63, 3.8) is 0 Å². The second kappa shape index (κ2) is 7.12. The van der Waals surface area contributed by atoms with Crippen molar-refractivity contribution in [2.45, 2.75) is 27.7 Å². The third-order valence-electron chi connectivity index (χ3n) is 3.06. The summed E-state index contributed by atoms with van der Waals surface area (Å²) < 4.78 is 3.50. The molecule has 0 saturated carbocycles. The van der Waals surface area contributed by atoms with Crippen LogP contribution in [0.4, 0.5) is 0 Å². The number of hydrogen-bond acceptors (Lipinski definition) is 0. The molecule has 0 nitrogen and oxygen atoms in total. The Balaban J connectivity index is 0.00000128. The summed E-state index contributed by atoms with van der Waals surface area (Å²) >= 11 is -0.475. The van der Waals surface area contributed by atoms with Crippen LogP contribution in [0.2, 0.25) is 0 Å². The minimum Gasteiger partial charge on any atom is -0.147 e. The van der Waals surface area contributed by atoms with Crippen LogP contribution in [0.5, 0.6) is 0 Å². The second-order valence-corrected chi connectivity index (χ2v) is 8.18. The molecule has 0 aliphatic heterocycles. The fourth-order valence-corrected chi connectivity index (χ4v) is 6.11. The molecule has 0 saturated heterocycles. The first-order valence-corrected chi connectivity index (χ1v) is 8.09. The summed E-state index contributed by atoms with van der Waals surface area (Å²) in [6.45, 7) is 9.12. The van der Waals surface area contributed by atoms with Crippen LogP contribution in [0.25, 0.3) is 0 Å². The molecule has 0 spiro atoms.